The van der Waals surface area contributed by atoms with Gasteiger partial charge in [-0.25, -0.2) is 0 Å². The first-order valence-corrected chi connectivity index (χ1v) is 30.7. The maximum Gasteiger partial charge on any atom is 0.169 e. The maximum atomic E-state index is 14.7. The zero-order valence-corrected chi connectivity index (χ0v) is 40.0. The van der Waals surface area contributed by atoms with Crippen LogP contribution < -0.4 is 10.4 Å². The van der Waals surface area contributed by atoms with Crippen LogP contribution in [0.1, 0.15) is 101 Å². The molecule has 1 saturated carbocycles. The minimum atomic E-state index is -1.79. The van der Waals surface area contributed by atoms with Gasteiger partial charge in [0.2, 0.25) is 0 Å². The van der Waals surface area contributed by atoms with Crippen molar-refractivity contribution in [3.63, 3.8) is 0 Å². The Labute approximate surface area is 374 Å². The molecule has 312 valence electrons. The highest BCUT2D eigenvalue weighted by Crippen LogP contribution is 2.59. The molecule has 5 heterocycles. The number of fused-ring (bicyclic) bond motifs is 14. The number of ketones is 1. The lowest BCUT2D eigenvalue weighted by Crippen LogP contribution is -2.37. The molecule has 6 heteroatoms. The molecular formula is C58H51N3OSi2. The van der Waals surface area contributed by atoms with E-state index in [1.54, 1.807) is 0 Å². The van der Waals surface area contributed by atoms with Gasteiger partial charge in [0.05, 0.1) is 67.1 Å². The van der Waals surface area contributed by atoms with Crippen molar-refractivity contribution in [2.75, 3.05) is 0 Å². The van der Waals surface area contributed by atoms with Gasteiger partial charge in [0, 0.05) is 60.0 Å². The molecule has 0 unspecified atom stereocenters. The number of carbonyl (C=O) groups is 1. The zero-order valence-electron chi connectivity index (χ0n) is 38.0. The largest absolute Gasteiger partial charge is 0.308 e. The van der Waals surface area contributed by atoms with E-state index in [0.29, 0.717) is 5.78 Å². The van der Waals surface area contributed by atoms with Crippen LogP contribution in [0.5, 0.6) is 0 Å². The van der Waals surface area contributed by atoms with E-state index in [4.69, 9.17) is 4.98 Å². The Balaban J connectivity index is 1.10. The number of Topliss-reactive ketones (excluding diaryl/α,β-unsaturated/α-hetero) is 1. The predicted molar refractivity (Wildman–Crippen MR) is 273 cm³/mol. The van der Waals surface area contributed by atoms with Crippen LogP contribution in [0.4, 0.5) is 0 Å². The molecule has 1 fully saturated rings. The third-order valence-electron chi connectivity index (χ3n) is 17.6. The van der Waals surface area contributed by atoms with Gasteiger partial charge >= 0.3 is 0 Å². The Kier molecular flexibility index (Phi) is 6.36. The molecule has 4 bridgehead atoms. The van der Waals surface area contributed by atoms with Gasteiger partial charge in [-0.1, -0.05) is 136 Å². The van der Waals surface area contributed by atoms with Gasteiger partial charge < -0.3 is 8.80 Å². The van der Waals surface area contributed by atoms with E-state index in [-0.39, 0.29) is 22.7 Å². The second kappa shape index (κ2) is 11.2. The number of carbonyl (C=O) groups excluding carboxylic acids is 1. The van der Waals surface area contributed by atoms with E-state index < -0.39 is 16.1 Å². The van der Waals surface area contributed by atoms with Gasteiger partial charge in [-0.05, 0) is 88.7 Å². The Morgan fingerprint density at radius 3 is 1.53 bits per heavy atom. The lowest BCUT2D eigenvalue weighted by atomic mass is 9.62. The molecule has 0 saturated heterocycles. The fourth-order valence-electron chi connectivity index (χ4n) is 13.9. The van der Waals surface area contributed by atoms with Gasteiger partial charge in [0.1, 0.15) is 0 Å². The average molecular weight is 862 g/mol. The topological polar surface area (TPSA) is 38.8 Å². The molecule has 0 amide bonds. The third-order valence-corrected chi connectivity index (χ3v) is 21.6. The van der Waals surface area contributed by atoms with Crippen molar-refractivity contribution < 1.29 is 4.79 Å². The molecule has 6 aliphatic carbocycles. The van der Waals surface area contributed by atoms with Crippen molar-refractivity contribution in [3.8, 4) is 0 Å². The van der Waals surface area contributed by atoms with E-state index in [9.17, 15) is 4.79 Å². The summed E-state index contributed by atoms with van der Waals surface area (Å²) in [7, 11) is -3.54. The summed E-state index contributed by atoms with van der Waals surface area (Å²) < 4.78 is 5.15. The summed E-state index contributed by atoms with van der Waals surface area (Å²) in [5, 5.41) is 13.6. The monoisotopic (exact) mass is 861 g/mol. The molecule has 0 aliphatic heterocycles. The van der Waals surface area contributed by atoms with E-state index in [2.05, 4.69) is 165 Å². The highest BCUT2D eigenvalue weighted by molar-refractivity contribution is 6.89. The smallest absolute Gasteiger partial charge is 0.169 e. The van der Waals surface area contributed by atoms with Crippen molar-refractivity contribution >= 4 is 108 Å². The minimum absolute atomic E-state index is 0.0229. The molecule has 6 aromatic carbocycles. The number of rotatable bonds is 2. The third kappa shape index (κ3) is 4.14. The number of nitrogens with zero attached hydrogens (tertiary/aromatic N) is 3. The standard InChI is InChI=1S/C58H51N3OSi2/c1-57-17-19-58(2,20-18-57)56(62)42-28-47-36(25-44(42)57)39-21-30(63(3,4)5)22-40-37-27-46-38(26-45(37)60(47)54(39)40)41-23-31(64(6,7)8)24-43-51-48(61(46)55(41)43)29-59-53-50-34-15-11-9-13-32(34)49(52(51)53)33-14-10-12-16-35(33)50/h9-16,21-29,49-50H,17-20H2,1-8H3. The highest BCUT2D eigenvalue weighted by atomic mass is 28.3. The average Bonchev–Trinajstić information content (AvgIpc) is 3.98. The summed E-state index contributed by atoms with van der Waals surface area (Å²) >= 11 is 0. The van der Waals surface area contributed by atoms with Crippen LogP contribution in [0, 0.1) is 5.41 Å². The van der Waals surface area contributed by atoms with Gasteiger partial charge in [0.15, 0.2) is 5.78 Å². The molecule has 0 radical (unpaired) electrons. The number of benzene rings is 6. The first-order chi connectivity index (χ1) is 30.6. The molecule has 4 nitrogen and oxygen atoms in total. The first-order valence-electron chi connectivity index (χ1n) is 23.7. The summed E-state index contributed by atoms with van der Waals surface area (Å²) in [6.45, 7) is 19.6. The Bertz CT molecular complexity index is 3950. The number of hydrogen-bond donors (Lipinski definition) is 0. The number of pyridine rings is 1. The lowest BCUT2D eigenvalue weighted by Gasteiger charge is -2.41. The predicted octanol–water partition coefficient (Wildman–Crippen LogP) is 13.5. The van der Waals surface area contributed by atoms with Crippen LogP contribution in [0.2, 0.25) is 39.3 Å². The fraction of sp³-hybridized carbons (Fsp3) is 0.276. The second-order valence-corrected chi connectivity index (χ2v) is 33.4. The van der Waals surface area contributed by atoms with E-state index in [1.165, 1.54) is 126 Å². The van der Waals surface area contributed by atoms with Crippen LogP contribution in [-0.4, -0.2) is 35.7 Å². The van der Waals surface area contributed by atoms with E-state index in [0.717, 1.165) is 31.2 Å². The molecular weight excluding hydrogens is 811 g/mol. The van der Waals surface area contributed by atoms with Crippen LogP contribution in [0.15, 0.2) is 103 Å². The van der Waals surface area contributed by atoms with E-state index in [1.807, 2.05) is 0 Å². The molecule has 11 aromatic rings. The first kappa shape index (κ1) is 36.5. The Morgan fingerprint density at radius 2 is 0.984 bits per heavy atom. The quantitative estimate of drug-likeness (QED) is 0.162. The van der Waals surface area contributed by atoms with Gasteiger partial charge in [-0.15, -0.1) is 0 Å². The summed E-state index contributed by atoms with van der Waals surface area (Å²) in [6, 6.07) is 38.4. The molecule has 6 aliphatic rings. The normalized spacial score (nSPS) is 22.9. The van der Waals surface area contributed by atoms with Gasteiger partial charge in [-0.2, -0.15) is 0 Å². The van der Waals surface area contributed by atoms with Crippen molar-refractivity contribution in [2.24, 2.45) is 5.41 Å². The molecule has 0 atom stereocenters. The molecule has 5 aromatic heterocycles. The van der Waals surface area contributed by atoms with Crippen LogP contribution >= 0.6 is 0 Å². The number of aromatic nitrogens is 3. The molecule has 0 N–H and O–H groups in total. The molecule has 0 spiro atoms. The Hall–Kier alpha value is -5.83. The maximum absolute atomic E-state index is 14.7. The second-order valence-electron chi connectivity index (χ2n) is 23.2. The Morgan fingerprint density at radius 1 is 0.531 bits per heavy atom. The van der Waals surface area contributed by atoms with Crippen molar-refractivity contribution in [1.82, 2.24) is 13.8 Å². The highest BCUT2D eigenvalue weighted by Gasteiger charge is 2.49. The number of hydrogen-bond acceptors (Lipinski definition) is 2. The SMILES string of the molecule is CC12CCC(C)(CC1)c1cc3c4cc([Si](C)(C)C)cc5c6cc7c(cc6n(c3cc1C2=O)c45)c1cc([Si](C)(C)C)cc2c3c4c(ncc3n7c12)C1c2ccccc2C4c2ccccc21. The molecule has 64 heavy (non-hydrogen) atoms. The van der Waals surface area contributed by atoms with Crippen LogP contribution in [0.3, 0.4) is 0 Å². The molecule has 17 rings (SSSR count). The van der Waals surface area contributed by atoms with Gasteiger partial charge in [0.25, 0.3) is 0 Å². The zero-order chi connectivity index (χ0) is 43.3. The van der Waals surface area contributed by atoms with Gasteiger partial charge in [-0.3, -0.25) is 9.78 Å². The summed E-state index contributed by atoms with van der Waals surface area (Å²) in [6.07, 6.45) is 6.32. The van der Waals surface area contributed by atoms with Crippen molar-refractivity contribution in [2.45, 2.75) is 96.1 Å². The van der Waals surface area contributed by atoms with Crippen molar-refractivity contribution in [3.05, 3.63) is 148 Å². The minimum Gasteiger partial charge on any atom is -0.308 e. The fourth-order valence-corrected chi connectivity index (χ4v) is 16.2. The van der Waals surface area contributed by atoms with Crippen molar-refractivity contribution in [1.29, 1.82) is 0 Å². The van der Waals surface area contributed by atoms with Crippen LogP contribution in [-0.2, 0) is 5.41 Å². The summed E-state index contributed by atoms with van der Waals surface area (Å²) in [5.74, 6) is 0.622. The summed E-state index contributed by atoms with van der Waals surface area (Å²) in [4.78, 5) is 20.2. The lowest BCUT2D eigenvalue weighted by molar-refractivity contribution is 0.0732. The summed E-state index contributed by atoms with van der Waals surface area (Å²) in [5.41, 5.74) is 17.8. The van der Waals surface area contributed by atoms with Crippen LogP contribution in [0.25, 0.3) is 76.2 Å². The van der Waals surface area contributed by atoms with E-state index >= 15 is 0 Å².